The van der Waals surface area contributed by atoms with Crippen LogP contribution in [0.4, 0.5) is 46.5 Å². The Morgan fingerprint density at radius 1 is 1.21 bits per heavy atom. The molecule has 0 bridgehead atoms. The van der Waals surface area contributed by atoms with E-state index in [1.165, 1.54) is 0 Å². The van der Waals surface area contributed by atoms with Gasteiger partial charge in [0.25, 0.3) is 12.3 Å². The minimum absolute atomic E-state index is 0.00111. The summed E-state index contributed by atoms with van der Waals surface area (Å²) in [4.78, 5) is 25.3. The Bertz CT molecular complexity index is 847. The van der Waals surface area contributed by atoms with Crippen molar-refractivity contribution in [2.24, 2.45) is 5.73 Å². The van der Waals surface area contributed by atoms with Crippen LogP contribution in [0.5, 0.6) is 0 Å². The summed E-state index contributed by atoms with van der Waals surface area (Å²) < 4.78 is 109. The fraction of sp³-hybridized carbons (Fsp3) is 0.556. The first-order valence-electron chi connectivity index (χ1n) is 9.42. The third kappa shape index (κ3) is 7.50. The summed E-state index contributed by atoms with van der Waals surface area (Å²) in [7, 11) is 0. The number of hydrogen-bond acceptors (Lipinski definition) is 5. The second kappa shape index (κ2) is 10.6. The number of nitrogens with two attached hydrogens (primary N) is 1. The molecular formula is C18H20F8N4O3. The molecule has 2 rings (SSSR count). The highest BCUT2D eigenvalue weighted by atomic mass is 19.4. The van der Waals surface area contributed by atoms with Gasteiger partial charge in [-0.1, -0.05) is 0 Å². The molecule has 1 saturated heterocycles. The number of benzene rings is 1. The molecule has 1 aliphatic heterocycles. The van der Waals surface area contributed by atoms with E-state index in [1.807, 2.05) is 5.32 Å². The zero-order chi connectivity index (χ0) is 25.0. The number of halogens is 8. The van der Waals surface area contributed by atoms with Gasteiger partial charge in [-0.15, -0.1) is 0 Å². The highest BCUT2D eigenvalue weighted by Gasteiger charge is 2.39. The second-order valence-electron chi connectivity index (χ2n) is 7.00. The molecule has 1 fully saturated rings. The predicted molar refractivity (Wildman–Crippen MR) is 99.7 cm³/mol. The molecule has 1 atom stereocenters. The lowest BCUT2D eigenvalue weighted by Gasteiger charge is -2.31. The zero-order valence-electron chi connectivity index (χ0n) is 16.8. The van der Waals surface area contributed by atoms with E-state index in [4.69, 9.17) is 10.5 Å². The molecule has 0 unspecified atom stereocenters. The van der Waals surface area contributed by atoms with Gasteiger partial charge in [-0.25, -0.2) is 8.78 Å². The van der Waals surface area contributed by atoms with Gasteiger partial charge in [0.1, 0.15) is 12.6 Å². The number of anilines is 2. The van der Waals surface area contributed by atoms with E-state index in [9.17, 15) is 44.7 Å². The van der Waals surface area contributed by atoms with Crippen molar-refractivity contribution in [2.75, 3.05) is 49.6 Å². The van der Waals surface area contributed by atoms with Gasteiger partial charge in [0.15, 0.2) is 0 Å². The Morgan fingerprint density at radius 3 is 2.39 bits per heavy atom. The van der Waals surface area contributed by atoms with Crippen molar-refractivity contribution in [1.82, 2.24) is 4.90 Å². The Morgan fingerprint density at radius 2 is 1.88 bits per heavy atom. The first kappa shape index (κ1) is 26.7. The molecule has 186 valence electrons. The summed E-state index contributed by atoms with van der Waals surface area (Å²) in [6.07, 6.45) is -13.1. The van der Waals surface area contributed by atoms with Crippen LogP contribution in [-0.4, -0.2) is 74.8 Å². The van der Waals surface area contributed by atoms with Crippen LogP contribution < -0.4 is 16.0 Å². The van der Waals surface area contributed by atoms with Crippen LogP contribution in [0.3, 0.4) is 0 Å². The van der Waals surface area contributed by atoms with E-state index < -0.39 is 79.8 Å². The Kier molecular flexibility index (Phi) is 8.59. The topological polar surface area (TPSA) is 87.9 Å². The molecule has 0 radical (unpaired) electrons. The van der Waals surface area contributed by atoms with E-state index in [2.05, 4.69) is 0 Å². The Balaban J connectivity index is 2.32. The van der Waals surface area contributed by atoms with Gasteiger partial charge in [0, 0.05) is 18.8 Å². The van der Waals surface area contributed by atoms with E-state index in [0.717, 1.165) is 17.0 Å². The molecule has 3 N–H and O–H groups in total. The maximum absolute atomic E-state index is 13.6. The molecule has 15 heteroatoms. The molecule has 2 amide bonds. The van der Waals surface area contributed by atoms with E-state index in [0.29, 0.717) is 6.07 Å². The summed E-state index contributed by atoms with van der Waals surface area (Å²) in [5.74, 6) is -2.02. The van der Waals surface area contributed by atoms with Crippen LogP contribution in [0.15, 0.2) is 18.2 Å². The third-order valence-corrected chi connectivity index (χ3v) is 4.57. The van der Waals surface area contributed by atoms with Crippen molar-refractivity contribution < 1.29 is 49.4 Å². The van der Waals surface area contributed by atoms with Crippen LogP contribution in [0, 0.1) is 0 Å². The number of alkyl halides is 8. The number of amides is 2. The molecule has 1 aromatic carbocycles. The Hall–Kier alpha value is -2.52. The summed E-state index contributed by atoms with van der Waals surface area (Å²) in [6.45, 7) is -4.69. The maximum Gasteiger partial charge on any atom is 0.418 e. The van der Waals surface area contributed by atoms with Crippen molar-refractivity contribution >= 4 is 23.2 Å². The molecule has 0 saturated carbocycles. The van der Waals surface area contributed by atoms with Crippen LogP contribution >= 0.6 is 0 Å². The van der Waals surface area contributed by atoms with Crippen LogP contribution in [-0.2, 0) is 20.5 Å². The predicted octanol–water partition coefficient (Wildman–Crippen LogP) is 2.46. The van der Waals surface area contributed by atoms with Crippen molar-refractivity contribution in [3.63, 3.8) is 0 Å². The van der Waals surface area contributed by atoms with E-state index in [1.54, 1.807) is 0 Å². The lowest BCUT2D eigenvalue weighted by atomic mass is 10.1. The Labute approximate surface area is 182 Å². The van der Waals surface area contributed by atoms with Crippen molar-refractivity contribution in [3.8, 4) is 0 Å². The normalized spacial score (nSPS) is 16.5. The maximum atomic E-state index is 13.6. The average Bonchev–Trinajstić information content (AvgIpc) is 2.66. The second-order valence-corrected chi connectivity index (χ2v) is 7.00. The summed E-state index contributed by atoms with van der Waals surface area (Å²) in [5, 5.41) is 1.99. The lowest BCUT2D eigenvalue weighted by Crippen LogP contribution is -2.53. The fourth-order valence-electron chi connectivity index (χ4n) is 3.21. The molecular weight excluding hydrogens is 472 g/mol. The van der Waals surface area contributed by atoms with Gasteiger partial charge >= 0.3 is 12.4 Å². The van der Waals surface area contributed by atoms with Crippen LogP contribution in [0.25, 0.3) is 0 Å². The number of carbonyl (C=O) groups is 2. The average molecular weight is 492 g/mol. The van der Waals surface area contributed by atoms with Crippen molar-refractivity contribution in [3.05, 3.63) is 23.8 Å². The van der Waals surface area contributed by atoms with Gasteiger partial charge in [-0.2, -0.15) is 26.3 Å². The first-order chi connectivity index (χ1) is 15.2. The van der Waals surface area contributed by atoms with E-state index >= 15 is 0 Å². The SMILES string of the molecule is NC[C@H](C(=O)Nc1ccc(N2CCOCC2=O)c(C(F)(F)F)c1)N(CC(F)F)CC(F)(F)F. The number of morpholine rings is 1. The molecule has 0 aliphatic carbocycles. The molecule has 0 aromatic heterocycles. The summed E-state index contributed by atoms with van der Waals surface area (Å²) >= 11 is 0. The lowest BCUT2D eigenvalue weighted by molar-refractivity contribution is -0.157. The molecule has 7 nitrogen and oxygen atoms in total. The fourth-order valence-corrected chi connectivity index (χ4v) is 3.21. The zero-order valence-corrected chi connectivity index (χ0v) is 16.8. The van der Waals surface area contributed by atoms with Gasteiger partial charge < -0.3 is 20.7 Å². The highest BCUT2D eigenvalue weighted by molar-refractivity contribution is 5.98. The van der Waals surface area contributed by atoms with Gasteiger partial charge in [0.05, 0.1) is 30.9 Å². The van der Waals surface area contributed by atoms with Crippen LogP contribution in [0.1, 0.15) is 5.56 Å². The quantitative estimate of drug-likeness (QED) is 0.545. The largest absolute Gasteiger partial charge is 0.418 e. The van der Waals surface area contributed by atoms with Crippen molar-refractivity contribution in [1.29, 1.82) is 0 Å². The van der Waals surface area contributed by atoms with Gasteiger partial charge in [-0.3, -0.25) is 14.5 Å². The molecule has 1 heterocycles. The number of carbonyl (C=O) groups excluding carboxylic acids is 2. The summed E-state index contributed by atoms with van der Waals surface area (Å²) in [5.41, 5.74) is 3.04. The monoisotopic (exact) mass is 492 g/mol. The standard InChI is InChI=1S/C18H20F8N4O3/c19-14(20)7-29(9-17(21,22)23)13(6-27)16(32)28-10-1-2-12(11(5-10)18(24,25)26)30-3-4-33-8-15(30)31/h1-2,5,13-14H,3-4,6-9,27H2,(H,28,32)/t13-/m1/s1. The number of hydrogen-bond donors (Lipinski definition) is 2. The number of ether oxygens (including phenoxy) is 1. The molecule has 33 heavy (non-hydrogen) atoms. The number of nitrogens with zero attached hydrogens (tertiary/aromatic N) is 2. The van der Waals surface area contributed by atoms with E-state index in [-0.39, 0.29) is 18.1 Å². The van der Waals surface area contributed by atoms with Crippen LogP contribution in [0.2, 0.25) is 0 Å². The first-order valence-corrected chi connectivity index (χ1v) is 9.42. The third-order valence-electron chi connectivity index (χ3n) is 4.57. The molecule has 1 aliphatic rings. The minimum atomic E-state index is -4.96. The minimum Gasteiger partial charge on any atom is -0.370 e. The van der Waals surface area contributed by atoms with Gasteiger partial charge in [0.2, 0.25) is 5.91 Å². The highest BCUT2D eigenvalue weighted by Crippen LogP contribution is 2.38. The molecule has 1 aromatic rings. The number of rotatable bonds is 8. The number of nitrogens with one attached hydrogen (secondary N) is 1. The van der Waals surface area contributed by atoms with Gasteiger partial charge in [-0.05, 0) is 18.2 Å². The molecule has 0 spiro atoms. The smallest absolute Gasteiger partial charge is 0.370 e. The van der Waals surface area contributed by atoms with Crippen molar-refractivity contribution in [2.45, 2.75) is 24.8 Å². The summed E-state index contributed by atoms with van der Waals surface area (Å²) in [6, 6.07) is 0.506.